The molecule has 17 heavy (non-hydrogen) atoms. The first-order valence-corrected chi connectivity index (χ1v) is 5.64. The van der Waals surface area contributed by atoms with E-state index in [-0.39, 0.29) is 5.78 Å². The molecule has 0 amide bonds. The lowest BCUT2D eigenvalue weighted by molar-refractivity contribution is 0.0985. The molecule has 5 heteroatoms. The average molecular weight is 232 g/mol. The van der Waals surface area contributed by atoms with Gasteiger partial charge >= 0.3 is 0 Å². The van der Waals surface area contributed by atoms with Crippen molar-refractivity contribution in [2.24, 2.45) is 14.1 Å². The summed E-state index contributed by atoms with van der Waals surface area (Å²) in [4.78, 5) is 12.0. The van der Waals surface area contributed by atoms with Crippen LogP contribution in [0.5, 0.6) is 0 Å². The van der Waals surface area contributed by atoms with Crippen LogP contribution in [0.3, 0.4) is 0 Å². The molecule has 90 valence electrons. The smallest absolute Gasteiger partial charge is 0.188 e. The lowest BCUT2D eigenvalue weighted by Crippen LogP contribution is -2.09. The summed E-state index contributed by atoms with van der Waals surface area (Å²) in [6, 6.07) is 3.71. The molecule has 0 atom stereocenters. The SMILES string of the molecule is CCc1cc(CC(=O)c2ccn(C)n2)n(C)n1. The van der Waals surface area contributed by atoms with Crippen LogP contribution in [0.15, 0.2) is 18.3 Å². The van der Waals surface area contributed by atoms with Crippen molar-refractivity contribution in [3.05, 3.63) is 35.4 Å². The van der Waals surface area contributed by atoms with Gasteiger partial charge in [-0.2, -0.15) is 10.2 Å². The van der Waals surface area contributed by atoms with Crippen molar-refractivity contribution in [3.63, 3.8) is 0 Å². The molecule has 0 radical (unpaired) electrons. The summed E-state index contributed by atoms with van der Waals surface area (Å²) >= 11 is 0. The molecule has 0 saturated heterocycles. The number of hydrogen-bond donors (Lipinski definition) is 0. The highest BCUT2D eigenvalue weighted by Crippen LogP contribution is 2.08. The fourth-order valence-corrected chi connectivity index (χ4v) is 1.73. The maximum absolute atomic E-state index is 12.0. The van der Waals surface area contributed by atoms with Crippen LogP contribution in [-0.2, 0) is 26.9 Å². The number of aromatic nitrogens is 4. The molecule has 0 unspecified atom stereocenters. The number of carbonyl (C=O) groups excluding carboxylic acids is 1. The summed E-state index contributed by atoms with van der Waals surface area (Å²) in [7, 11) is 3.66. The number of Topliss-reactive ketones (excluding diaryl/α,β-unsaturated/α-hetero) is 1. The average Bonchev–Trinajstić information content (AvgIpc) is 2.86. The van der Waals surface area contributed by atoms with E-state index >= 15 is 0 Å². The van der Waals surface area contributed by atoms with Gasteiger partial charge in [0.2, 0.25) is 0 Å². The van der Waals surface area contributed by atoms with Crippen LogP contribution in [0.25, 0.3) is 0 Å². The zero-order chi connectivity index (χ0) is 12.4. The van der Waals surface area contributed by atoms with Gasteiger partial charge in [-0.05, 0) is 18.6 Å². The third-order valence-corrected chi connectivity index (χ3v) is 2.73. The molecular formula is C12H16N4O. The fraction of sp³-hybridized carbons (Fsp3) is 0.417. The monoisotopic (exact) mass is 232 g/mol. The van der Waals surface area contributed by atoms with E-state index in [0.717, 1.165) is 17.8 Å². The van der Waals surface area contributed by atoms with Crippen molar-refractivity contribution >= 4 is 5.78 Å². The van der Waals surface area contributed by atoms with Gasteiger partial charge in [0.1, 0.15) is 5.69 Å². The van der Waals surface area contributed by atoms with Crippen molar-refractivity contribution in [2.45, 2.75) is 19.8 Å². The maximum Gasteiger partial charge on any atom is 0.188 e. The third-order valence-electron chi connectivity index (χ3n) is 2.73. The van der Waals surface area contributed by atoms with Gasteiger partial charge in [0.15, 0.2) is 5.78 Å². The Hall–Kier alpha value is -1.91. The molecule has 0 bridgehead atoms. The van der Waals surface area contributed by atoms with Crippen LogP contribution < -0.4 is 0 Å². The van der Waals surface area contributed by atoms with Gasteiger partial charge in [-0.3, -0.25) is 14.2 Å². The standard InChI is InChI=1S/C12H16N4O/c1-4-9-7-10(16(3)13-9)8-12(17)11-5-6-15(2)14-11/h5-7H,4,8H2,1-3H3. The Kier molecular flexibility index (Phi) is 3.08. The zero-order valence-corrected chi connectivity index (χ0v) is 10.3. The van der Waals surface area contributed by atoms with Gasteiger partial charge in [0.25, 0.3) is 0 Å². The number of ketones is 1. The van der Waals surface area contributed by atoms with Crippen LogP contribution in [0, 0.1) is 0 Å². The first kappa shape index (κ1) is 11.6. The quantitative estimate of drug-likeness (QED) is 0.743. The van der Waals surface area contributed by atoms with E-state index in [1.807, 2.05) is 20.0 Å². The molecule has 2 heterocycles. The second kappa shape index (κ2) is 4.53. The van der Waals surface area contributed by atoms with Crippen molar-refractivity contribution in [3.8, 4) is 0 Å². The second-order valence-corrected chi connectivity index (χ2v) is 4.08. The summed E-state index contributed by atoms with van der Waals surface area (Å²) in [6.45, 7) is 2.05. The highest BCUT2D eigenvalue weighted by Gasteiger charge is 2.13. The lowest BCUT2D eigenvalue weighted by atomic mass is 10.1. The highest BCUT2D eigenvalue weighted by molar-refractivity contribution is 5.95. The topological polar surface area (TPSA) is 52.7 Å². The first-order chi connectivity index (χ1) is 8.10. The van der Waals surface area contributed by atoms with E-state index in [0.29, 0.717) is 12.1 Å². The van der Waals surface area contributed by atoms with Crippen molar-refractivity contribution in [2.75, 3.05) is 0 Å². The minimum Gasteiger partial charge on any atom is -0.292 e. The summed E-state index contributed by atoms with van der Waals surface area (Å²) < 4.78 is 3.40. The summed E-state index contributed by atoms with van der Waals surface area (Å²) in [5.41, 5.74) is 2.44. The van der Waals surface area contributed by atoms with Crippen LogP contribution in [0.4, 0.5) is 0 Å². The third kappa shape index (κ3) is 2.43. The second-order valence-electron chi connectivity index (χ2n) is 4.08. The van der Waals surface area contributed by atoms with Crippen LogP contribution >= 0.6 is 0 Å². The molecule has 2 aromatic heterocycles. The first-order valence-electron chi connectivity index (χ1n) is 5.64. The Balaban J connectivity index is 2.15. The van der Waals surface area contributed by atoms with Crippen LogP contribution in [0.2, 0.25) is 0 Å². The Morgan fingerprint density at radius 3 is 2.65 bits per heavy atom. The van der Waals surface area contributed by atoms with Gasteiger partial charge < -0.3 is 0 Å². The maximum atomic E-state index is 12.0. The Labute approximate surface area is 100 Å². The predicted octanol–water partition coefficient (Wildman–Crippen LogP) is 1.14. The molecule has 0 fully saturated rings. The summed E-state index contributed by atoms with van der Waals surface area (Å²) in [5, 5.41) is 8.42. The molecule has 0 saturated carbocycles. The van der Waals surface area contributed by atoms with Gasteiger partial charge in [-0.25, -0.2) is 0 Å². The molecular weight excluding hydrogens is 216 g/mol. The number of nitrogens with zero attached hydrogens (tertiary/aromatic N) is 4. The normalized spacial score (nSPS) is 10.8. The molecule has 0 aliphatic carbocycles. The Bertz CT molecular complexity index is 538. The Morgan fingerprint density at radius 2 is 2.12 bits per heavy atom. The lowest BCUT2D eigenvalue weighted by Gasteiger charge is -1.98. The van der Waals surface area contributed by atoms with E-state index in [4.69, 9.17) is 0 Å². The fourth-order valence-electron chi connectivity index (χ4n) is 1.73. The molecule has 0 aliphatic rings. The summed E-state index contributed by atoms with van der Waals surface area (Å²) in [5.74, 6) is 0.0243. The van der Waals surface area contributed by atoms with Crippen LogP contribution in [-0.4, -0.2) is 25.3 Å². The summed E-state index contributed by atoms with van der Waals surface area (Å²) in [6.07, 6.45) is 3.00. The molecule has 2 rings (SSSR count). The van der Waals surface area contributed by atoms with E-state index in [2.05, 4.69) is 10.2 Å². The van der Waals surface area contributed by atoms with Crippen molar-refractivity contribution < 1.29 is 4.79 Å². The molecule has 5 nitrogen and oxygen atoms in total. The molecule has 0 N–H and O–H groups in total. The minimum absolute atomic E-state index is 0.0243. The Morgan fingerprint density at radius 1 is 1.35 bits per heavy atom. The molecule has 0 aromatic carbocycles. The van der Waals surface area contributed by atoms with E-state index in [9.17, 15) is 4.79 Å². The number of aryl methyl sites for hydroxylation is 3. The predicted molar refractivity (Wildman–Crippen MR) is 63.8 cm³/mol. The van der Waals surface area contributed by atoms with Gasteiger partial charge in [0.05, 0.1) is 12.1 Å². The highest BCUT2D eigenvalue weighted by atomic mass is 16.1. The van der Waals surface area contributed by atoms with E-state index < -0.39 is 0 Å². The largest absolute Gasteiger partial charge is 0.292 e. The molecule has 0 spiro atoms. The number of hydrogen-bond acceptors (Lipinski definition) is 3. The number of carbonyl (C=O) groups is 1. The number of rotatable bonds is 4. The van der Waals surface area contributed by atoms with E-state index in [1.165, 1.54) is 0 Å². The van der Waals surface area contributed by atoms with E-state index in [1.54, 1.807) is 28.7 Å². The zero-order valence-electron chi connectivity index (χ0n) is 10.3. The molecule has 2 aromatic rings. The van der Waals surface area contributed by atoms with Gasteiger partial charge in [-0.15, -0.1) is 0 Å². The van der Waals surface area contributed by atoms with Crippen molar-refractivity contribution in [1.82, 2.24) is 19.6 Å². The van der Waals surface area contributed by atoms with Crippen molar-refractivity contribution in [1.29, 1.82) is 0 Å². The van der Waals surface area contributed by atoms with Crippen LogP contribution in [0.1, 0.15) is 28.8 Å². The van der Waals surface area contributed by atoms with Gasteiger partial charge in [0, 0.05) is 26.0 Å². The van der Waals surface area contributed by atoms with Gasteiger partial charge in [-0.1, -0.05) is 6.92 Å². The minimum atomic E-state index is 0.0243. The molecule has 0 aliphatic heterocycles.